The second kappa shape index (κ2) is 6.13. The maximum absolute atomic E-state index is 12.3. The summed E-state index contributed by atoms with van der Waals surface area (Å²) in [6.45, 7) is 9.63. The van der Waals surface area contributed by atoms with Gasteiger partial charge in [-0.25, -0.2) is 4.68 Å². The zero-order valence-corrected chi connectivity index (χ0v) is 14.3. The van der Waals surface area contributed by atoms with Crippen LogP contribution in [-0.2, 0) is 5.54 Å². The average Bonchev–Trinajstić information content (AvgIpc) is 2.43. The largest absolute Gasteiger partial charge is 0.483 e. The number of hydrogen-bond donors (Lipinski definition) is 0. The number of aryl methyl sites for hydroxylation is 1. The van der Waals surface area contributed by atoms with Crippen LogP contribution in [0.25, 0.3) is 0 Å². The van der Waals surface area contributed by atoms with Crippen LogP contribution in [-0.4, -0.2) is 9.78 Å². The standard InChI is InChI=1S/C17H21ClN2O2/c1-11-6-8-13(9-7-11)12(2)22-14-10-19-20(17(3,4)5)16(21)15(14)18/h6-10,12H,1-5H3. The van der Waals surface area contributed by atoms with Gasteiger partial charge < -0.3 is 4.74 Å². The molecule has 0 amide bonds. The van der Waals surface area contributed by atoms with Crippen molar-refractivity contribution in [3.8, 4) is 5.75 Å². The van der Waals surface area contributed by atoms with Gasteiger partial charge in [0.1, 0.15) is 6.10 Å². The molecule has 2 rings (SSSR count). The minimum atomic E-state index is -0.429. The van der Waals surface area contributed by atoms with Gasteiger partial charge in [-0.05, 0) is 40.2 Å². The SMILES string of the molecule is Cc1ccc(C(C)Oc2cnn(C(C)(C)C)c(=O)c2Cl)cc1. The first-order chi connectivity index (χ1) is 10.2. The summed E-state index contributed by atoms with van der Waals surface area (Å²) in [4.78, 5) is 12.3. The Hall–Kier alpha value is -1.81. The number of aromatic nitrogens is 2. The quantitative estimate of drug-likeness (QED) is 0.855. The summed E-state index contributed by atoms with van der Waals surface area (Å²) in [7, 11) is 0. The van der Waals surface area contributed by atoms with Gasteiger partial charge in [0.15, 0.2) is 10.8 Å². The fourth-order valence-electron chi connectivity index (χ4n) is 2.07. The van der Waals surface area contributed by atoms with Crippen LogP contribution in [0.1, 0.15) is 44.9 Å². The van der Waals surface area contributed by atoms with E-state index in [-0.39, 0.29) is 16.7 Å². The molecule has 0 aliphatic heterocycles. The Labute approximate surface area is 135 Å². The van der Waals surface area contributed by atoms with E-state index in [4.69, 9.17) is 16.3 Å². The number of ether oxygens (including phenoxy) is 1. The highest BCUT2D eigenvalue weighted by molar-refractivity contribution is 6.31. The van der Waals surface area contributed by atoms with Crippen LogP contribution >= 0.6 is 11.6 Å². The zero-order chi connectivity index (χ0) is 16.5. The molecule has 1 atom stereocenters. The predicted molar refractivity (Wildman–Crippen MR) is 88.7 cm³/mol. The van der Waals surface area contributed by atoms with Gasteiger partial charge in [0.2, 0.25) is 0 Å². The van der Waals surface area contributed by atoms with Crippen molar-refractivity contribution in [1.29, 1.82) is 0 Å². The van der Waals surface area contributed by atoms with Gasteiger partial charge in [-0.1, -0.05) is 41.4 Å². The molecule has 22 heavy (non-hydrogen) atoms. The molecule has 0 fully saturated rings. The van der Waals surface area contributed by atoms with Gasteiger partial charge in [0.05, 0.1) is 11.7 Å². The molecule has 4 nitrogen and oxygen atoms in total. The highest BCUT2D eigenvalue weighted by Crippen LogP contribution is 2.26. The van der Waals surface area contributed by atoms with Crippen molar-refractivity contribution in [1.82, 2.24) is 9.78 Å². The minimum Gasteiger partial charge on any atom is -0.483 e. The van der Waals surface area contributed by atoms with Gasteiger partial charge in [-0.2, -0.15) is 5.10 Å². The van der Waals surface area contributed by atoms with E-state index in [9.17, 15) is 4.79 Å². The van der Waals surface area contributed by atoms with E-state index in [2.05, 4.69) is 5.10 Å². The van der Waals surface area contributed by atoms with Crippen LogP contribution in [0.3, 0.4) is 0 Å². The molecule has 0 aliphatic rings. The molecule has 0 bridgehead atoms. The van der Waals surface area contributed by atoms with Crippen LogP contribution in [0, 0.1) is 6.92 Å². The molecule has 0 N–H and O–H groups in total. The van der Waals surface area contributed by atoms with Crippen LogP contribution < -0.4 is 10.3 Å². The van der Waals surface area contributed by atoms with E-state index >= 15 is 0 Å². The second-order valence-electron chi connectivity index (χ2n) is 6.38. The molecular formula is C17H21ClN2O2. The molecule has 118 valence electrons. The summed E-state index contributed by atoms with van der Waals surface area (Å²) in [6.07, 6.45) is 1.28. The maximum atomic E-state index is 12.3. The Bertz CT molecular complexity index is 715. The van der Waals surface area contributed by atoms with Crippen LogP contribution in [0.4, 0.5) is 0 Å². The molecule has 1 aromatic carbocycles. The third-order valence-electron chi connectivity index (χ3n) is 3.37. The van der Waals surface area contributed by atoms with Crippen molar-refractivity contribution in [3.05, 3.63) is 57.0 Å². The van der Waals surface area contributed by atoms with Gasteiger partial charge in [0.25, 0.3) is 5.56 Å². The minimum absolute atomic E-state index is 0.0592. The third-order valence-corrected chi connectivity index (χ3v) is 3.72. The van der Waals surface area contributed by atoms with Gasteiger partial charge >= 0.3 is 0 Å². The van der Waals surface area contributed by atoms with Crippen LogP contribution in [0.5, 0.6) is 5.75 Å². The van der Waals surface area contributed by atoms with E-state index in [0.29, 0.717) is 5.75 Å². The van der Waals surface area contributed by atoms with E-state index < -0.39 is 5.54 Å². The topological polar surface area (TPSA) is 44.1 Å². The van der Waals surface area contributed by atoms with Crippen molar-refractivity contribution in [2.45, 2.75) is 46.3 Å². The van der Waals surface area contributed by atoms with E-state index in [1.54, 1.807) is 0 Å². The molecule has 0 aliphatic carbocycles. The summed E-state index contributed by atoms with van der Waals surface area (Å²) in [6, 6.07) is 8.04. The molecule has 2 aromatic rings. The molecule has 0 saturated carbocycles. The van der Waals surface area contributed by atoms with Crippen molar-refractivity contribution in [3.63, 3.8) is 0 Å². The zero-order valence-electron chi connectivity index (χ0n) is 13.6. The molecule has 1 heterocycles. The van der Waals surface area contributed by atoms with Crippen molar-refractivity contribution in [2.75, 3.05) is 0 Å². The second-order valence-corrected chi connectivity index (χ2v) is 6.76. The smallest absolute Gasteiger partial charge is 0.289 e. The third kappa shape index (κ3) is 3.50. The number of halogens is 1. The van der Waals surface area contributed by atoms with Gasteiger partial charge in [0, 0.05) is 0 Å². The molecule has 1 unspecified atom stereocenters. The van der Waals surface area contributed by atoms with Crippen molar-refractivity contribution >= 4 is 11.6 Å². The highest BCUT2D eigenvalue weighted by Gasteiger charge is 2.21. The Kier molecular flexibility index (Phi) is 4.61. The first-order valence-electron chi connectivity index (χ1n) is 7.21. The summed E-state index contributed by atoms with van der Waals surface area (Å²) < 4.78 is 7.17. The molecule has 5 heteroatoms. The Morgan fingerprint density at radius 3 is 2.36 bits per heavy atom. The molecular weight excluding hydrogens is 300 g/mol. The summed E-state index contributed by atoms with van der Waals surface area (Å²) in [5.41, 5.74) is 1.43. The Morgan fingerprint density at radius 1 is 1.23 bits per heavy atom. The molecule has 0 saturated heterocycles. The molecule has 0 radical (unpaired) electrons. The number of hydrogen-bond acceptors (Lipinski definition) is 3. The molecule has 0 spiro atoms. The lowest BCUT2D eigenvalue weighted by Crippen LogP contribution is -2.36. The molecule has 1 aromatic heterocycles. The van der Waals surface area contributed by atoms with Gasteiger partial charge in [-0.15, -0.1) is 0 Å². The fraction of sp³-hybridized carbons (Fsp3) is 0.412. The summed E-state index contributed by atoms with van der Waals surface area (Å²) in [5, 5.41) is 4.23. The maximum Gasteiger partial charge on any atom is 0.289 e. The number of benzene rings is 1. The van der Waals surface area contributed by atoms with Crippen molar-refractivity contribution < 1.29 is 4.74 Å². The normalized spacial score (nSPS) is 13.0. The number of rotatable bonds is 3. The van der Waals surface area contributed by atoms with Crippen LogP contribution in [0.2, 0.25) is 5.02 Å². The lowest BCUT2D eigenvalue weighted by Gasteiger charge is -2.22. The van der Waals surface area contributed by atoms with E-state index in [0.717, 1.165) is 5.56 Å². The van der Waals surface area contributed by atoms with Crippen LogP contribution in [0.15, 0.2) is 35.3 Å². The first-order valence-corrected chi connectivity index (χ1v) is 7.59. The Morgan fingerprint density at radius 2 is 1.82 bits per heavy atom. The summed E-state index contributed by atoms with van der Waals surface area (Å²) >= 11 is 6.16. The summed E-state index contributed by atoms with van der Waals surface area (Å²) in [5.74, 6) is 0.306. The van der Waals surface area contributed by atoms with Crippen molar-refractivity contribution in [2.24, 2.45) is 0 Å². The Balaban J connectivity index is 2.29. The van der Waals surface area contributed by atoms with Gasteiger partial charge in [-0.3, -0.25) is 4.79 Å². The highest BCUT2D eigenvalue weighted by atomic mass is 35.5. The average molecular weight is 321 g/mol. The monoisotopic (exact) mass is 320 g/mol. The lowest BCUT2D eigenvalue weighted by molar-refractivity contribution is 0.222. The predicted octanol–water partition coefficient (Wildman–Crippen LogP) is 4.10. The number of nitrogens with zero attached hydrogens (tertiary/aromatic N) is 2. The lowest BCUT2D eigenvalue weighted by atomic mass is 10.1. The van der Waals surface area contributed by atoms with E-state index in [1.807, 2.05) is 58.9 Å². The fourth-order valence-corrected chi connectivity index (χ4v) is 2.25. The first kappa shape index (κ1) is 16.6. The van der Waals surface area contributed by atoms with E-state index in [1.165, 1.54) is 16.4 Å².